The smallest absolute Gasteiger partial charge is 0.387 e. The van der Waals surface area contributed by atoms with E-state index in [1.54, 1.807) is 24.5 Å². The number of alkyl halides is 2. The molecule has 0 aliphatic carbocycles. The van der Waals surface area contributed by atoms with E-state index < -0.39 is 6.61 Å². The molecule has 0 aliphatic heterocycles. The van der Waals surface area contributed by atoms with E-state index in [0.717, 1.165) is 12.1 Å². The zero-order valence-corrected chi connectivity index (χ0v) is 13.9. The van der Waals surface area contributed by atoms with Crippen LogP contribution in [0.25, 0.3) is 11.4 Å². The number of carbonyl (C=O) groups is 1. The van der Waals surface area contributed by atoms with Crippen molar-refractivity contribution in [2.75, 3.05) is 5.32 Å². The van der Waals surface area contributed by atoms with Gasteiger partial charge in [0.15, 0.2) is 5.82 Å². The summed E-state index contributed by atoms with van der Waals surface area (Å²) in [5, 5.41) is 10.8. The molecule has 0 saturated carbocycles. The molecule has 26 heavy (non-hydrogen) atoms. The van der Waals surface area contributed by atoms with E-state index in [1.807, 2.05) is 17.6 Å². The third-order valence-electron chi connectivity index (χ3n) is 3.68. The van der Waals surface area contributed by atoms with Crippen LogP contribution in [0.1, 0.15) is 17.3 Å². The molecular weight excluding hydrogens is 342 g/mol. The Morgan fingerprint density at radius 2 is 2.00 bits per heavy atom. The Morgan fingerprint density at radius 1 is 1.23 bits per heavy atom. The number of carbonyl (C=O) groups excluding carboxylic acids is 1. The third kappa shape index (κ3) is 4.02. The number of aryl methyl sites for hydroxylation is 1. The highest BCUT2D eigenvalue weighted by Gasteiger charge is 2.10. The molecule has 0 spiro atoms. The number of halogens is 2. The molecule has 1 aromatic heterocycles. The molecule has 6 nitrogen and oxygen atoms in total. The molecule has 1 amide bonds. The van der Waals surface area contributed by atoms with Crippen LogP contribution in [0.4, 0.5) is 14.5 Å². The van der Waals surface area contributed by atoms with Crippen molar-refractivity contribution in [3.05, 3.63) is 60.4 Å². The summed E-state index contributed by atoms with van der Waals surface area (Å²) in [5.41, 5.74) is 1.74. The van der Waals surface area contributed by atoms with Crippen molar-refractivity contribution in [1.29, 1.82) is 0 Å². The van der Waals surface area contributed by atoms with E-state index in [2.05, 4.69) is 20.3 Å². The van der Waals surface area contributed by atoms with Crippen molar-refractivity contribution in [3.8, 4) is 17.1 Å². The van der Waals surface area contributed by atoms with Gasteiger partial charge in [-0.2, -0.15) is 8.78 Å². The second-order valence-corrected chi connectivity index (χ2v) is 5.38. The van der Waals surface area contributed by atoms with Crippen LogP contribution >= 0.6 is 0 Å². The molecule has 0 fully saturated rings. The van der Waals surface area contributed by atoms with Crippen LogP contribution in [0.3, 0.4) is 0 Å². The molecule has 2 aromatic carbocycles. The van der Waals surface area contributed by atoms with Crippen molar-refractivity contribution in [3.63, 3.8) is 0 Å². The van der Waals surface area contributed by atoms with E-state index in [0.29, 0.717) is 17.1 Å². The average molecular weight is 358 g/mol. The highest BCUT2D eigenvalue weighted by molar-refractivity contribution is 6.04. The fourth-order valence-electron chi connectivity index (χ4n) is 2.44. The van der Waals surface area contributed by atoms with Gasteiger partial charge >= 0.3 is 6.61 Å². The molecule has 0 radical (unpaired) electrons. The monoisotopic (exact) mass is 358 g/mol. The number of nitrogens with zero attached hydrogens (tertiary/aromatic N) is 3. The molecule has 3 aromatic rings. The maximum atomic E-state index is 12.3. The highest BCUT2D eigenvalue weighted by Crippen LogP contribution is 2.22. The Kier molecular flexibility index (Phi) is 5.21. The summed E-state index contributed by atoms with van der Waals surface area (Å²) in [7, 11) is 0. The Hall–Kier alpha value is -3.29. The lowest BCUT2D eigenvalue weighted by atomic mass is 10.1. The van der Waals surface area contributed by atoms with Gasteiger partial charge in [-0.3, -0.25) is 4.79 Å². The van der Waals surface area contributed by atoms with Gasteiger partial charge in [-0.1, -0.05) is 12.1 Å². The number of hydrogen-bond donors (Lipinski definition) is 1. The normalized spacial score (nSPS) is 10.8. The first kappa shape index (κ1) is 17.5. The topological polar surface area (TPSA) is 69.0 Å². The van der Waals surface area contributed by atoms with E-state index in [-0.39, 0.29) is 11.7 Å². The van der Waals surface area contributed by atoms with Crippen molar-refractivity contribution in [2.45, 2.75) is 20.1 Å². The Bertz CT molecular complexity index is 894. The first-order chi connectivity index (χ1) is 12.6. The van der Waals surface area contributed by atoms with Crippen molar-refractivity contribution >= 4 is 11.6 Å². The van der Waals surface area contributed by atoms with Crippen LogP contribution in [0, 0.1) is 0 Å². The van der Waals surface area contributed by atoms with Crippen LogP contribution in [0.15, 0.2) is 54.9 Å². The van der Waals surface area contributed by atoms with Crippen LogP contribution < -0.4 is 10.1 Å². The molecule has 1 N–H and O–H groups in total. The third-order valence-corrected chi connectivity index (χ3v) is 3.68. The summed E-state index contributed by atoms with van der Waals surface area (Å²) in [6.07, 6.45) is 1.64. The van der Waals surface area contributed by atoms with Crippen LogP contribution in [0.2, 0.25) is 0 Å². The molecule has 134 valence electrons. The van der Waals surface area contributed by atoms with Crippen LogP contribution in [0.5, 0.6) is 5.75 Å². The van der Waals surface area contributed by atoms with Gasteiger partial charge in [-0.15, -0.1) is 10.2 Å². The van der Waals surface area contributed by atoms with Crippen LogP contribution in [-0.4, -0.2) is 27.3 Å². The molecular formula is C18H16F2N4O2. The van der Waals surface area contributed by atoms with Gasteiger partial charge in [-0.25, -0.2) is 0 Å². The SMILES string of the molecule is CCn1cnnc1-c1cccc(NC(=O)c2ccc(OC(F)F)cc2)c1. The maximum absolute atomic E-state index is 12.3. The summed E-state index contributed by atoms with van der Waals surface area (Å²) in [6, 6.07) is 12.7. The minimum Gasteiger partial charge on any atom is -0.435 e. The Balaban J connectivity index is 1.74. The number of nitrogens with one attached hydrogen (secondary N) is 1. The lowest BCUT2D eigenvalue weighted by Crippen LogP contribution is -2.12. The highest BCUT2D eigenvalue weighted by atomic mass is 19.3. The maximum Gasteiger partial charge on any atom is 0.387 e. The molecule has 0 saturated heterocycles. The van der Waals surface area contributed by atoms with Gasteiger partial charge in [0.2, 0.25) is 0 Å². The Labute approximate surface area is 148 Å². The summed E-state index contributed by atoms with van der Waals surface area (Å²) in [5.74, 6) is 0.345. The van der Waals surface area contributed by atoms with E-state index in [1.165, 1.54) is 24.3 Å². The number of benzene rings is 2. The number of aromatic nitrogens is 3. The summed E-state index contributed by atoms with van der Waals surface area (Å²) in [6.45, 7) is -0.186. The number of rotatable bonds is 6. The zero-order chi connectivity index (χ0) is 18.5. The molecule has 0 bridgehead atoms. The molecule has 0 aliphatic rings. The van der Waals surface area contributed by atoms with E-state index >= 15 is 0 Å². The van der Waals surface area contributed by atoms with Gasteiger partial charge in [0.05, 0.1) is 0 Å². The lowest BCUT2D eigenvalue weighted by molar-refractivity contribution is -0.0498. The lowest BCUT2D eigenvalue weighted by Gasteiger charge is -2.09. The molecule has 0 atom stereocenters. The fraction of sp³-hybridized carbons (Fsp3) is 0.167. The standard InChI is InChI=1S/C18H16F2N4O2/c1-2-24-11-21-23-16(24)13-4-3-5-14(10-13)22-17(25)12-6-8-15(9-7-12)26-18(19)20/h3-11,18H,2H2,1H3,(H,22,25). The summed E-state index contributed by atoms with van der Waals surface area (Å²) < 4.78 is 30.5. The van der Waals surface area contributed by atoms with E-state index in [4.69, 9.17) is 0 Å². The molecule has 0 unspecified atom stereocenters. The number of amides is 1. The largest absolute Gasteiger partial charge is 0.435 e. The minimum absolute atomic E-state index is 0.00236. The summed E-state index contributed by atoms with van der Waals surface area (Å²) >= 11 is 0. The number of ether oxygens (including phenoxy) is 1. The molecule has 3 rings (SSSR count). The van der Waals surface area contributed by atoms with Crippen molar-refractivity contribution in [2.24, 2.45) is 0 Å². The Morgan fingerprint density at radius 3 is 2.69 bits per heavy atom. The minimum atomic E-state index is -2.90. The molecule has 1 heterocycles. The van der Waals surface area contributed by atoms with Crippen molar-refractivity contribution in [1.82, 2.24) is 14.8 Å². The van der Waals surface area contributed by atoms with Gasteiger partial charge in [-0.05, 0) is 43.3 Å². The van der Waals surface area contributed by atoms with Gasteiger partial charge in [0.25, 0.3) is 5.91 Å². The second kappa shape index (κ2) is 7.73. The number of anilines is 1. The summed E-state index contributed by atoms with van der Waals surface area (Å²) in [4.78, 5) is 12.3. The average Bonchev–Trinajstić information content (AvgIpc) is 3.11. The van der Waals surface area contributed by atoms with Crippen molar-refractivity contribution < 1.29 is 18.3 Å². The van der Waals surface area contributed by atoms with Gasteiger partial charge < -0.3 is 14.6 Å². The fourth-order valence-corrected chi connectivity index (χ4v) is 2.44. The first-order valence-corrected chi connectivity index (χ1v) is 7.91. The van der Waals surface area contributed by atoms with Gasteiger partial charge in [0.1, 0.15) is 12.1 Å². The number of hydrogen-bond acceptors (Lipinski definition) is 4. The predicted molar refractivity (Wildman–Crippen MR) is 92.2 cm³/mol. The predicted octanol–water partition coefficient (Wildman–Crippen LogP) is 3.82. The van der Waals surface area contributed by atoms with Crippen LogP contribution in [-0.2, 0) is 6.54 Å². The van der Waals surface area contributed by atoms with E-state index in [9.17, 15) is 13.6 Å². The second-order valence-electron chi connectivity index (χ2n) is 5.38. The van der Waals surface area contributed by atoms with Gasteiger partial charge in [0, 0.05) is 23.4 Å². The quantitative estimate of drug-likeness (QED) is 0.727. The zero-order valence-electron chi connectivity index (χ0n) is 13.9. The molecule has 8 heteroatoms. The first-order valence-electron chi connectivity index (χ1n) is 7.91.